The van der Waals surface area contributed by atoms with E-state index in [0.717, 1.165) is 38.0 Å². The first-order chi connectivity index (χ1) is 14.0. The first-order valence-corrected chi connectivity index (χ1v) is 11.7. The van der Waals surface area contributed by atoms with Crippen molar-refractivity contribution < 1.29 is 13.2 Å². The van der Waals surface area contributed by atoms with E-state index in [-0.39, 0.29) is 10.8 Å². The van der Waals surface area contributed by atoms with E-state index in [9.17, 15) is 13.2 Å². The lowest BCUT2D eigenvalue weighted by molar-refractivity contribution is -0.116. The molecule has 0 spiro atoms. The summed E-state index contributed by atoms with van der Waals surface area (Å²) in [4.78, 5) is 14.2. The minimum atomic E-state index is -3.56. The fourth-order valence-corrected chi connectivity index (χ4v) is 5.31. The van der Waals surface area contributed by atoms with Crippen LogP contribution in [0.15, 0.2) is 53.4 Å². The van der Waals surface area contributed by atoms with Gasteiger partial charge in [0.05, 0.1) is 4.90 Å². The molecule has 6 nitrogen and oxygen atoms in total. The molecule has 0 radical (unpaired) electrons. The molecule has 4 rings (SSSR count). The van der Waals surface area contributed by atoms with Gasteiger partial charge in [-0.1, -0.05) is 30.3 Å². The fourth-order valence-electron chi connectivity index (χ4n) is 4.14. The summed E-state index contributed by atoms with van der Waals surface area (Å²) in [5.74, 6) is 0.280. The number of hydrogen-bond acceptors (Lipinski definition) is 4. The van der Waals surface area contributed by atoms with E-state index in [1.165, 1.54) is 5.56 Å². The lowest BCUT2D eigenvalue weighted by Gasteiger charge is -2.32. The van der Waals surface area contributed by atoms with Gasteiger partial charge in [0.15, 0.2) is 0 Å². The van der Waals surface area contributed by atoms with Crippen LogP contribution >= 0.6 is 0 Å². The van der Waals surface area contributed by atoms with Crippen LogP contribution in [0.2, 0.25) is 0 Å². The number of benzene rings is 2. The summed E-state index contributed by atoms with van der Waals surface area (Å²) < 4.78 is 28.4. The average molecular weight is 414 g/mol. The van der Waals surface area contributed by atoms with Crippen LogP contribution in [0.25, 0.3) is 0 Å². The molecule has 2 aliphatic rings. The topological polar surface area (TPSA) is 78.5 Å². The van der Waals surface area contributed by atoms with Crippen molar-refractivity contribution >= 4 is 21.6 Å². The maximum atomic E-state index is 12.8. The fraction of sp³-hybridized carbons (Fsp3) is 0.409. The Morgan fingerprint density at radius 1 is 1.10 bits per heavy atom. The number of likely N-dealkylation sites (tertiary alicyclic amines) is 1. The maximum Gasteiger partial charge on any atom is 0.240 e. The largest absolute Gasteiger partial charge is 0.326 e. The number of piperidine rings is 1. The molecule has 0 aliphatic carbocycles. The van der Waals surface area contributed by atoms with Crippen LogP contribution in [0.4, 0.5) is 5.69 Å². The molecule has 154 valence electrons. The smallest absolute Gasteiger partial charge is 0.240 e. The normalized spacial score (nSPS) is 20.1. The van der Waals surface area contributed by atoms with Crippen molar-refractivity contribution in [2.75, 3.05) is 25.0 Å². The van der Waals surface area contributed by atoms with Gasteiger partial charge in [0.2, 0.25) is 15.9 Å². The van der Waals surface area contributed by atoms with Crippen LogP contribution in [0.3, 0.4) is 0 Å². The molecule has 1 atom stereocenters. The van der Waals surface area contributed by atoms with E-state index >= 15 is 0 Å². The Balaban J connectivity index is 1.36. The summed E-state index contributed by atoms with van der Waals surface area (Å²) in [5, 5.41) is 2.79. The predicted molar refractivity (Wildman–Crippen MR) is 113 cm³/mol. The second-order valence-electron chi connectivity index (χ2n) is 7.95. The Morgan fingerprint density at radius 3 is 2.76 bits per heavy atom. The number of carbonyl (C=O) groups excluding carboxylic acids is 1. The Morgan fingerprint density at radius 2 is 1.93 bits per heavy atom. The quantitative estimate of drug-likeness (QED) is 0.763. The molecule has 7 heteroatoms. The summed E-state index contributed by atoms with van der Waals surface area (Å²) in [7, 11) is -3.56. The highest BCUT2D eigenvalue weighted by molar-refractivity contribution is 7.89. The lowest BCUT2D eigenvalue weighted by Crippen LogP contribution is -2.40. The number of carbonyl (C=O) groups is 1. The van der Waals surface area contributed by atoms with Crippen LogP contribution < -0.4 is 10.0 Å². The number of aryl methyl sites for hydroxylation is 1. The van der Waals surface area contributed by atoms with E-state index in [4.69, 9.17) is 0 Å². The number of rotatable bonds is 6. The summed E-state index contributed by atoms with van der Waals surface area (Å²) in [5.41, 5.74) is 2.87. The summed E-state index contributed by atoms with van der Waals surface area (Å²) in [6, 6.07) is 15.3. The van der Waals surface area contributed by atoms with Crippen molar-refractivity contribution in [1.82, 2.24) is 9.62 Å². The number of anilines is 1. The van der Waals surface area contributed by atoms with Crippen LogP contribution in [-0.2, 0) is 27.8 Å². The van der Waals surface area contributed by atoms with Gasteiger partial charge in [-0.3, -0.25) is 9.69 Å². The first-order valence-electron chi connectivity index (χ1n) is 10.2. The molecule has 1 unspecified atom stereocenters. The molecular weight excluding hydrogens is 386 g/mol. The monoisotopic (exact) mass is 413 g/mol. The van der Waals surface area contributed by atoms with Crippen LogP contribution in [0.1, 0.15) is 30.4 Å². The first kappa shape index (κ1) is 20.1. The zero-order valence-corrected chi connectivity index (χ0v) is 17.2. The lowest BCUT2D eigenvalue weighted by atomic mass is 9.98. The van der Waals surface area contributed by atoms with Crippen molar-refractivity contribution in [2.24, 2.45) is 5.92 Å². The zero-order valence-electron chi connectivity index (χ0n) is 16.4. The van der Waals surface area contributed by atoms with Crippen molar-refractivity contribution in [1.29, 1.82) is 0 Å². The third-order valence-electron chi connectivity index (χ3n) is 5.70. The van der Waals surface area contributed by atoms with Crippen LogP contribution in [0.5, 0.6) is 0 Å². The molecule has 1 amide bonds. The summed E-state index contributed by atoms with van der Waals surface area (Å²) in [6.45, 7) is 3.30. The molecule has 0 bridgehead atoms. The van der Waals surface area contributed by atoms with Gasteiger partial charge in [0.1, 0.15) is 0 Å². The van der Waals surface area contributed by atoms with Crippen molar-refractivity contribution in [3.63, 3.8) is 0 Å². The SMILES string of the molecule is O=C1CCc2cc(S(=O)(=O)NCC3CCCN(Cc4ccccc4)C3)ccc2N1. The van der Waals surface area contributed by atoms with Gasteiger partial charge in [-0.05, 0) is 61.1 Å². The predicted octanol–water partition coefficient (Wildman–Crippen LogP) is 2.76. The summed E-state index contributed by atoms with van der Waals surface area (Å²) in [6.07, 6.45) is 3.08. The highest BCUT2D eigenvalue weighted by atomic mass is 32.2. The molecule has 1 fully saturated rings. The molecule has 2 N–H and O–H groups in total. The molecule has 2 aromatic rings. The third-order valence-corrected chi connectivity index (χ3v) is 7.12. The Labute approximate surface area is 172 Å². The van der Waals surface area contributed by atoms with Crippen LogP contribution in [0, 0.1) is 5.92 Å². The molecule has 29 heavy (non-hydrogen) atoms. The minimum absolute atomic E-state index is 0.0245. The number of amides is 1. The highest BCUT2D eigenvalue weighted by Gasteiger charge is 2.24. The van der Waals surface area contributed by atoms with E-state index in [2.05, 4.69) is 39.2 Å². The number of sulfonamides is 1. The molecule has 2 heterocycles. The van der Waals surface area contributed by atoms with E-state index in [0.29, 0.717) is 31.0 Å². The van der Waals surface area contributed by atoms with Crippen molar-refractivity contribution in [3.05, 3.63) is 59.7 Å². The molecule has 1 saturated heterocycles. The van der Waals surface area contributed by atoms with Gasteiger partial charge in [0.25, 0.3) is 0 Å². The van der Waals surface area contributed by atoms with Gasteiger partial charge in [-0.15, -0.1) is 0 Å². The van der Waals surface area contributed by atoms with E-state index in [1.807, 2.05) is 6.07 Å². The zero-order chi connectivity index (χ0) is 20.3. The van der Waals surface area contributed by atoms with Gasteiger partial charge in [-0.2, -0.15) is 0 Å². The van der Waals surface area contributed by atoms with Gasteiger partial charge >= 0.3 is 0 Å². The number of hydrogen-bond donors (Lipinski definition) is 2. The standard InChI is InChI=1S/C22H27N3O3S/c26-22-11-8-19-13-20(9-10-21(19)24-22)29(27,28)23-14-18-7-4-12-25(16-18)15-17-5-2-1-3-6-17/h1-3,5-6,9-10,13,18,23H,4,7-8,11-12,14-16H2,(H,24,26). The Bertz CT molecular complexity index is 976. The van der Waals surface area contributed by atoms with Crippen LogP contribution in [-0.4, -0.2) is 38.9 Å². The average Bonchev–Trinajstić information content (AvgIpc) is 2.73. The second-order valence-corrected chi connectivity index (χ2v) is 9.71. The number of fused-ring (bicyclic) bond motifs is 1. The Hall–Kier alpha value is -2.22. The molecule has 0 saturated carbocycles. The maximum absolute atomic E-state index is 12.8. The number of nitrogens with one attached hydrogen (secondary N) is 2. The van der Waals surface area contributed by atoms with Crippen molar-refractivity contribution in [3.8, 4) is 0 Å². The number of nitrogens with zero attached hydrogens (tertiary/aromatic N) is 1. The molecule has 2 aliphatic heterocycles. The molecule has 2 aromatic carbocycles. The molecular formula is C22H27N3O3S. The Kier molecular flexibility index (Phi) is 5.99. The van der Waals surface area contributed by atoms with E-state index in [1.54, 1.807) is 18.2 Å². The van der Waals surface area contributed by atoms with Crippen molar-refractivity contribution in [2.45, 2.75) is 37.1 Å². The minimum Gasteiger partial charge on any atom is -0.326 e. The molecule has 0 aromatic heterocycles. The van der Waals surface area contributed by atoms with E-state index < -0.39 is 10.0 Å². The summed E-state index contributed by atoms with van der Waals surface area (Å²) >= 11 is 0. The van der Waals surface area contributed by atoms with Gasteiger partial charge in [-0.25, -0.2) is 13.1 Å². The van der Waals surface area contributed by atoms with Gasteiger partial charge < -0.3 is 5.32 Å². The second kappa shape index (κ2) is 8.65. The third kappa shape index (κ3) is 5.04. The van der Waals surface area contributed by atoms with Gasteiger partial charge in [0, 0.05) is 31.7 Å². The highest BCUT2D eigenvalue weighted by Crippen LogP contribution is 2.26.